The third-order valence-electron chi connectivity index (χ3n) is 5.02. The molecule has 0 aromatic carbocycles. The van der Waals surface area contributed by atoms with Crippen LogP contribution in [0.15, 0.2) is 0 Å². The predicted octanol–water partition coefficient (Wildman–Crippen LogP) is 0.547. The first-order valence-corrected chi connectivity index (χ1v) is 8.53. The highest BCUT2D eigenvalue weighted by molar-refractivity contribution is 5.80. The molecule has 1 amide bonds. The number of aliphatic hydroxyl groups excluding tert-OH is 1. The van der Waals surface area contributed by atoms with Gasteiger partial charge in [0.2, 0.25) is 5.91 Å². The van der Waals surface area contributed by atoms with Crippen molar-refractivity contribution in [3.63, 3.8) is 0 Å². The van der Waals surface area contributed by atoms with Crippen molar-refractivity contribution >= 4 is 5.91 Å². The van der Waals surface area contributed by atoms with E-state index in [0.717, 1.165) is 25.7 Å². The normalized spacial score (nSPS) is 41.3. The van der Waals surface area contributed by atoms with E-state index in [9.17, 15) is 4.79 Å². The molecule has 6 atom stereocenters. The lowest BCUT2D eigenvalue weighted by molar-refractivity contribution is -0.329. The van der Waals surface area contributed by atoms with E-state index in [4.69, 9.17) is 24.1 Å². The molecule has 0 saturated carbocycles. The Morgan fingerprint density at radius 1 is 1.22 bits per heavy atom. The second-order valence-electron chi connectivity index (χ2n) is 6.64. The highest BCUT2D eigenvalue weighted by Crippen LogP contribution is 2.48. The molecule has 3 heterocycles. The Morgan fingerprint density at radius 2 is 1.96 bits per heavy atom. The molecule has 3 aliphatic heterocycles. The maximum absolute atomic E-state index is 12.4. The Hall–Kier alpha value is -0.730. The summed E-state index contributed by atoms with van der Waals surface area (Å²) in [6, 6.07) is 0. The number of aliphatic hydroxyl groups is 1. The SMILES string of the molecule is COC1(C)OC2C3CC(C(=O)NCCCCCCO)[C@H](O3)[C@H]2O1. The smallest absolute Gasteiger partial charge is 0.280 e. The van der Waals surface area contributed by atoms with Crippen LogP contribution in [0.25, 0.3) is 0 Å². The van der Waals surface area contributed by atoms with E-state index in [2.05, 4.69) is 5.32 Å². The lowest BCUT2D eigenvalue weighted by Crippen LogP contribution is -2.46. The Balaban J connectivity index is 1.45. The number of hydrogen-bond acceptors (Lipinski definition) is 6. The van der Waals surface area contributed by atoms with Gasteiger partial charge in [-0.25, -0.2) is 0 Å². The number of carbonyl (C=O) groups excluding carboxylic acids is 1. The molecule has 3 saturated heterocycles. The Labute approximate surface area is 136 Å². The van der Waals surface area contributed by atoms with Crippen LogP contribution in [-0.2, 0) is 23.7 Å². The molecule has 7 heteroatoms. The topological polar surface area (TPSA) is 86.3 Å². The minimum Gasteiger partial charge on any atom is -0.396 e. The Bertz CT molecular complexity index is 433. The van der Waals surface area contributed by atoms with Crippen LogP contribution in [0.5, 0.6) is 0 Å². The zero-order valence-corrected chi connectivity index (χ0v) is 13.8. The summed E-state index contributed by atoms with van der Waals surface area (Å²) >= 11 is 0. The molecule has 0 radical (unpaired) electrons. The van der Waals surface area contributed by atoms with E-state index in [1.807, 2.05) is 0 Å². The Kier molecular flexibility index (Phi) is 5.22. The van der Waals surface area contributed by atoms with Gasteiger partial charge in [-0.2, -0.15) is 0 Å². The number of carbonyl (C=O) groups is 1. The van der Waals surface area contributed by atoms with Crippen LogP contribution in [0.3, 0.4) is 0 Å². The molecule has 23 heavy (non-hydrogen) atoms. The number of hydrogen-bond donors (Lipinski definition) is 2. The lowest BCUT2D eigenvalue weighted by Gasteiger charge is -2.25. The average molecular weight is 329 g/mol. The van der Waals surface area contributed by atoms with Crippen LogP contribution in [-0.4, -0.2) is 61.7 Å². The standard InChI is InChI=1S/C16H27NO6/c1-16(20-2)22-13-11-9-10(12(21-11)14(13)23-16)15(19)17-7-5-3-4-6-8-18/h10-14,18H,3-9H2,1-2H3,(H,17,19)/t10?,11?,12-,13?,14+,16?/m0/s1. The molecule has 2 N–H and O–H groups in total. The first-order valence-electron chi connectivity index (χ1n) is 8.53. The van der Waals surface area contributed by atoms with E-state index >= 15 is 0 Å². The number of fused-ring (bicyclic) bond motifs is 5. The number of methoxy groups -OCH3 is 1. The van der Waals surface area contributed by atoms with E-state index in [-0.39, 0.29) is 42.8 Å². The van der Waals surface area contributed by atoms with Crippen molar-refractivity contribution in [3.05, 3.63) is 0 Å². The van der Waals surface area contributed by atoms with Crippen molar-refractivity contribution in [3.8, 4) is 0 Å². The van der Waals surface area contributed by atoms with Crippen molar-refractivity contribution in [2.24, 2.45) is 5.92 Å². The second-order valence-corrected chi connectivity index (χ2v) is 6.64. The number of amides is 1. The van der Waals surface area contributed by atoms with Crippen molar-refractivity contribution in [1.29, 1.82) is 0 Å². The van der Waals surface area contributed by atoms with Crippen LogP contribution in [0.2, 0.25) is 0 Å². The van der Waals surface area contributed by atoms with Gasteiger partial charge in [0.05, 0.1) is 18.1 Å². The summed E-state index contributed by atoms with van der Waals surface area (Å²) in [6.07, 6.45) is 3.71. The molecule has 132 valence electrons. The molecule has 3 fully saturated rings. The van der Waals surface area contributed by atoms with E-state index < -0.39 is 5.97 Å². The third kappa shape index (κ3) is 3.39. The van der Waals surface area contributed by atoms with Crippen LogP contribution >= 0.6 is 0 Å². The van der Waals surface area contributed by atoms with Gasteiger partial charge in [0, 0.05) is 27.2 Å². The minimum atomic E-state index is -1.03. The molecule has 0 aliphatic carbocycles. The van der Waals surface area contributed by atoms with Gasteiger partial charge in [-0.15, -0.1) is 0 Å². The van der Waals surface area contributed by atoms with E-state index in [1.54, 1.807) is 14.0 Å². The fourth-order valence-electron chi connectivity index (χ4n) is 3.74. The third-order valence-corrected chi connectivity index (χ3v) is 5.02. The summed E-state index contributed by atoms with van der Waals surface area (Å²) in [4.78, 5) is 12.4. The largest absolute Gasteiger partial charge is 0.396 e. The summed E-state index contributed by atoms with van der Waals surface area (Å²) in [5, 5.41) is 11.7. The van der Waals surface area contributed by atoms with Gasteiger partial charge >= 0.3 is 0 Å². The monoisotopic (exact) mass is 329 g/mol. The zero-order valence-electron chi connectivity index (χ0n) is 13.8. The number of nitrogens with one attached hydrogen (secondary N) is 1. The highest BCUT2D eigenvalue weighted by Gasteiger charge is 2.64. The molecule has 7 nitrogen and oxygen atoms in total. The second kappa shape index (κ2) is 7.03. The van der Waals surface area contributed by atoms with Crippen LogP contribution in [0.1, 0.15) is 39.0 Å². The van der Waals surface area contributed by atoms with Crippen LogP contribution in [0.4, 0.5) is 0 Å². The number of unbranched alkanes of at least 4 members (excludes halogenated alkanes) is 3. The quantitative estimate of drug-likeness (QED) is 0.633. The summed E-state index contributed by atoms with van der Waals surface area (Å²) in [5.74, 6) is -1.18. The maximum Gasteiger partial charge on any atom is 0.280 e. The fraction of sp³-hybridized carbons (Fsp3) is 0.938. The molecule has 0 aromatic heterocycles. The first-order chi connectivity index (χ1) is 11.1. The molecule has 0 aromatic rings. The first kappa shape index (κ1) is 17.1. The van der Waals surface area contributed by atoms with Crippen LogP contribution < -0.4 is 5.32 Å². The average Bonchev–Trinajstić information content (AvgIpc) is 3.20. The van der Waals surface area contributed by atoms with Gasteiger partial charge in [-0.05, 0) is 19.3 Å². The minimum absolute atomic E-state index is 0.0349. The zero-order chi connectivity index (χ0) is 16.4. The fourth-order valence-corrected chi connectivity index (χ4v) is 3.74. The van der Waals surface area contributed by atoms with Gasteiger partial charge in [0.1, 0.15) is 12.2 Å². The molecule has 0 spiro atoms. The van der Waals surface area contributed by atoms with Crippen LogP contribution in [0, 0.1) is 5.92 Å². The van der Waals surface area contributed by atoms with E-state index in [0.29, 0.717) is 13.0 Å². The number of ether oxygens (including phenoxy) is 4. The molecular formula is C16H27NO6. The Morgan fingerprint density at radius 3 is 2.70 bits per heavy atom. The van der Waals surface area contributed by atoms with Crippen molar-refractivity contribution in [2.75, 3.05) is 20.3 Å². The predicted molar refractivity (Wildman–Crippen MR) is 80.5 cm³/mol. The highest BCUT2D eigenvalue weighted by atomic mass is 16.9. The van der Waals surface area contributed by atoms with Gasteiger partial charge in [-0.3, -0.25) is 4.79 Å². The van der Waals surface area contributed by atoms with Crippen molar-refractivity contribution in [2.45, 2.75) is 69.4 Å². The van der Waals surface area contributed by atoms with Gasteiger partial charge < -0.3 is 29.4 Å². The van der Waals surface area contributed by atoms with Gasteiger partial charge in [0.25, 0.3) is 5.97 Å². The van der Waals surface area contributed by atoms with Gasteiger partial charge in [0.15, 0.2) is 0 Å². The summed E-state index contributed by atoms with van der Waals surface area (Å²) in [7, 11) is 1.55. The summed E-state index contributed by atoms with van der Waals surface area (Å²) in [6.45, 7) is 2.64. The molecule has 4 unspecified atom stereocenters. The van der Waals surface area contributed by atoms with Gasteiger partial charge in [-0.1, -0.05) is 12.8 Å². The molecule has 2 bridgehead atoms. The molecular weight excluding hydrogens is 302 g/mol. The molecule has 3 aliphatic rings. The van der Waals surface area contributed by atoms with Crippen molar-refractivity contribution in [1.82, 2.24) is 5.32 Å². The maximum atomic E-state index is 12.4. The lowest BCUT2D eigenvalue weighted by atomic mass is 9.85. The van der Waals surface area contributed by atoms with Crippen molar-refractivity contribution < 1.29 is 28.8 Å². The van der Waals surface area contributed by atoms with E-state index in [1.165, 1.54) is 0 Å². The summed E-state index contributed by atoms with van der Waals surface area (Å²) in [5.41, 5.74) is 0. The molecule has 3 rings (SSSR count). The summed E-state index contributed by atoms with van der Waals surface area (Å²) < 4.78 is 22.8. The number of rotatable bonds is 8.